The second-order valence-corrected chi connectivity index (χ2v) is 4.03. The minimum atomic E-state index is -0.227. The Morgan fingerprint density at radius 2 is 1.84 bits per heavy atom. The molecule has 0 aromatic heterocycles. The fourth-order valence-electron chi connectivity index (χ4n) is 1.73. The third-order valence-corrected chi connectivity index (χ3v) is 2.70. The molecule has 0 aliphatic heterocycles. The summed E-state index contributed by atoms with van der Waals surface area (Å²) in [6, 6.07) is 14.1. The van der Waals surface area contributed by atoms with Crippen molar-refractivity contribution in [2.75, 3.05) is 19.0 Å². The zero-order valence-electron chi connectivity index (χ0n) is 10.8. The number of anilines is 1. The van der Waals surface area contributed by atoms with Gasteiger partial charge in [-0.3, -0.25) is 0 Å². The Bertz CT molecular complexity index is 549. The van der Waals surface area contributed by atoms with E-state index in [2.05, 4.69) is 5.32 Å². The Hall–Kier alpha value is -2.29. The molecule has 2 nitrogen and oxygen atoms in total. The standard InChI is InChI=1S/C16H16FNO/c1-19-16-7-3-2-5-13(16)6-4-12-18-15-10-8-14(17)9-11-15/h2-11,18H,12H2,1H3. The van der Waals surface area contributed by atoms with Crippen molar-refractivity contribution < 1.29 is 9.13 Å². The fourth-order valence-corrected chi connectivity index (χ4v) is 1.73. The van der Waals surface area contributed by atoms with Crippen molar-refractivity contribution in [2.45, 2.75) is 0 Å². The summed E-state index contributed by atoms with van der Waals surface area (Å²) in [5.74, 6) is 0.621. The fraction of sp³-hybridized carbons (Fsp3) is 0.125. The molecule has 0 amide bonds. The number of nitrogens with one attached hydrogen (secondary N) is 1. The van der Waals surface area contributed by atoms with Crippen molar-refractivity contribution >= 4 is 11.8 Å². The number of ether oxygens (including phenoxy) is 1. The summed E-state index contributed by atoms with van der Waals surface area (Å²) in [7, 11) is 1.66. The number of hydrogen-bond donors (Lipinski definition) is 1. The molecule has 0 spiro atoms. The third-order valence-electron chi connectivity index (χ3n) is 2.70. The summed E-state index contributed by atoms with van der Waals surface area (Å²) >= 11 is 0. The molecule has 0 saturated carbocycles. The van der Waals surface area contributed by atoms with Gasteiger partial charge in [0.1, 0.15) is 11.6 Å². The van der Waals surface area contributed by atoms with E-state index in [9.17, 15) is 4.39 Å². The minimum Gasteiger partial charge on any atom is -0.496 e. The van der Waals surface area contributed by atoms with Crippen LogP contribution in [0.5, 0.6) is 5.75 Å². The van der Waals surface area contributed by atoms with Crippen molar-refractivity contribution in [1.82, 2.24) is 0 Å². The largest absolute Gasteiger partial charge is 0.496 e. The molecule has 0 unspecified atom stereocenters. The second-order valence-electron chi connectivity index (χ2n) is 4.03. The normalized spacial score (nSPS) is 10.6. The van der Waals surface area contributed by atoms with E-state index >= 15 is 0 Å². The van der Waals surface area contributed by atoms with Crippen molar-refractivity contribution in [3.05, 3.63) is 66.0 Å². The van der Waals surface area contributed by atoms with Crippen molar-refractivity contribution in [3.8, 4) is 5.75 Å². The molecule has 0 heterocycles. The van der Waals surface area contributed by atoms with Crippen molar-refractivity contribution in [1.29, 1.82) is 0 Å². The zero-order valence-corrected chi connectivity index (χ0v) is 10.8. The van der Waals surface area contributed by atoms with Gasteiger partial charge >= 0.3 is 0 Å². The lowest BCUT2D eigenvalue weighted by atomic mass is 10.2. The number of methoxy groups -OCH3 is 1. The highest BCUT2D eigenvalue weighted by molar-refractivity contribution is 5.57. The van der Waals surface area contributed by atoms with Crippen LogP contribution >= 0.6 is 0 Å². The van der Waals surface area contributed by atoms with Gasteiger partial charge in [0.25, 0.3) is 0 Å². The van der Waals surface area contributed by atoms with Gasteiger partial charge in [0.15, 0.2) is 0 Å². The molecule has 0 radical (unpaired) electrons. The van der Waals surface area contributed by atoms with E-state index in [4.69, 9.17) is 4.74 Å². The van der Waals surface area contributed by atoms with Gasteiger partial charge in [-0.2, -0.15) is 0 Å². The highest BCUT2D eigenvalue weighted by atomic mass is 19.1. The molecule has 3 heteroatoms. The van der Waals surface area contributed by atoms with E-state index in [1.807, 2.05) is 36.4 Å². The van der Waals surface area contributed by atoms with Gasteiger partial charge in [-0.05, 0) is 30.3 Å². The molecule has 0 bridgehead atoms. The number of halogens is 1. The first-order valence-corrected chi connectivity index (χ1v) is 6.08. The van der Waals surface area contributed by atoms with Crippen LogP contribution in [0.4, 0.5) is 10.1 Å². The lowest BCUT2D eigenvalue weighted by Gasteiger charge is -2.04. The summed E-state index contributed by atoms with van der Waals surface area (Å²) in [4.78, 5) is 0. The first-order chi connectivity index (χ1) is 9.29. The molecule has 2 rings (SSSR count). The zero-order chi connectivity index (χ0) is 13.5. The second kappa shape index (κ2) is 6.59. The van der Waals surface area contributed by atoms with Crippen LogP contribution in [0.25, 0.3) is 6.08 Å². The molecule has 0 aliphatic carbocycles. The lowest BCUT2D eigenvalue weighted by Crippen LogP contribution is -1.97. The maximum absolute atomic E-state index is 12.7. The van der Waals surface area contributed by atoms with E-state index in [1.54, 1.807) is 19.2 Å². The van der Waals surface area contributed by atoms with Crippen LogP contribution < -0.4 is 10.1 Å². The van der Waals surface area contributed by atoms with Gasteiger partial charge in [0.2, 0.25) is 0 Å². The van der Waals surface area contributed by atoms with Crippen molar-refractivity contribution in [3.63, 3.8) is 0 Å². The van der Waals surface area contributed by atoms with Crippen LogP contribution in [-0.2, 0) is 0 Å². The van der Waals surface area contributed by atoms with Gasteiger partial charge in [-0.15, -0.1) is 0 Å². The molecule has 0 fully saturated rings. The molecule has 0 saturated heterocycles. The van der Waals surface area contributed by atoms with Crippen LogP contribution in [0.1, 0.15) is 5.56 Å². The molecule has 0 aliphatic rings. The van der Waals surface area contributed by atoms with Gasteiger partial charge in [-0.1, -0.05) is 30.4 Å². The highest BCUT2D eigenvalue weighted by Crippen LogP contribution is 2.18. The monoisotopic (exact) mass is 257 g/mol. The van der Waals surface area contributed by atoms with Crippen LogP contribution in [0.2, 0.25) is 0 Å². The number of benzene rings is 2. The SMILES string of the molecule is COc1ccccc1C=CCNc1ccc(F)cc1. The average molecular weight is 257 g/mol. The number of rotatable bonds is 5. The Labute approximate surface area is 112 Å². The van der Waals surface area contributed by atoms with Crippen molar-refractivity contribution in [2.24, 2.45) is 0 Å². The van der Waals surface area contributed by atoms with Crippen LogP contribution in [0.3, 0.4) is 0 Å². The van der Waals surface area contributed by atoms with Crippen LogP contribution in [-0.4, -0.2) is 13.7 Å². The van der Waals surface area contributed by atoms with E-state index < -0.39 is 0 Å². The van der Waals surface area contributed by atoms with Gasteiger partial charge in [0, 0.05) is 17.8 Å². The highest BCUT2D eigenvalue weighted by Gasteiger charge is 1.96. The number of para-hydroxylation sites is 1. The van der Waals surface area contributed by atoms with Crippen LogP contribution in [0.15, 0.2) is 54.6 Å². The molecule has 2 aromatic rings. The Morgan fingerprint density at radius 1 is 1.11 bits per heavy atom. The molecule has 2 aromatic carbocycles. The van der Waals surface area contributed by atoms with E-state index in [-0.39, 0.29) is 5.82 Å². The first kappa shape index (κ1) is 13.1. The first-order valence-electron chi connectivity index (χ1n) is 6.08. The molecular formula is C16H16FNO. The molecule has 19 heavy (non-hydrogen) atoms. The quantitative estimate of drug-likeness (QED) is 0.875. The van der Waals surface area contributed by atoms with E-state index in [0.29, 0.717) is 6.54 Å². The molecule has 98 valence electrons. The smallest absolute Gasteiger partial charge is 0.126 e. The molecule has 0 atom stereocenters. The Kier molecular flexibility index (Phi) is 4.56. The Balaban J connectivity index is 1.91. The summed E-state index contributed by atoms with van der Waals surface area (Å²) in [6.07, 6.45) is 4.00. The topological polar surface area (TPSA) is 21.3 Å². The average Bonchev–Trinajstić information content (AvgIpc) is 2.46. The van der Waals surface area contributed by atoms with E-state index in [1.165, 1.54) is 12.1 Å². The maximum Gasteiger partial charge on any atom is 0.126 e. The van der Waals surface area contributed by atoms with Gasteiger partial charge in [-0.25, -0.2) is 4.39 Å². The Morgan fingerprint density at radius 3 is 2.58 bits per heavy atom. The van der Waals surface area contributed by atoms with Gasteiger partial charge in [0.05, 0.1) is 7.11 Å². The lowest BCUT2D eigenvalue weighted by molar-refractivity contribution is 0.414. The summed E-state index contributed by atoms with van der Waals surface area (Å²) < 4.78 is 18.0. The van der Waals surface area contributed by atoms with Crippen LogP contribution in [0, 0.1) is 5.82 Å². The predicted molar refractivity (Wildman–Crippen MR) is 76.9 cm³/mol. The third kappa shape index (κ3) is 3.85. The van der Waals surface area contributed by atoms with E-state index in [0.717, 1.165) is 17.0 Å². The summed E-state index contributed by atoms with van der Waals surface area (Å²) in [5.41, 5.74) is 1.93. The molecular weight excluding hydrogens is 241 g/mol. The maximum atomic E-state index is 12.7. The minimum absolute atomic E-state index is 0.227. The number of hydrogen-bond acceptors (Lipinski definition) is 2. The molecule has 1 N–H and O–H groups in total. The van der Waals surface area contributed by atoms with Gasteiger partial charge < -0.3 is 10.1 Å². The predicted octanol–water partition coefficient (Wildman–Crippen LogP) is 3.96. The summed E-state index contributed by atoms with van der Waals surface area (Å²) in [6.45, 7) is 0.670. The summed E-state index contributed by atoms with van der Waals surface area (Å²) in [5, 5.41) is 3.19.